The van der Waals surface area contributed by atoms with Crippen LogP contribution in [0.3, 0.4) is 0 Å². The highest BCUT2D eigenvalue weighted by atomic mass is 32.2. The minimum atomic E-state index is -3.31. The van der Waals surface area contributed by atoms with Crippen LogP contribution in [0.2, 0.25) is 0 Å². The smallest absolute Gasteiger partial charge is 0.260 e. The van der Waals surface area contributed by atoms with E-state index in [0.717, 1.165) is 11.9 Å². The summed E-state index contributed by atoms with van der Waals surface area (Å²) in [6.45, 7) is 0.905. The van der Waals surface area contributed by atoms with E-state index in [0.29, 0.717) is 18.8 Å². The predicted octanol–water partition coefficient (Wildman–Crippen LogP) is 0.395. The second kappa shape index (κ2) is 7.24. The van der Waals surface area contributed by atoms with Crippen LogP contribution in [0, 0.1) is 0 Å². The second-order valence-electron chi connectivity index (χ2n) is 5.92. The molecule has 2 heterocycles. The Kier molecular flexibility index (Phi) is 5.05. The van der Waals surface area contributed by atoms with Gasteiger partial charge in [0.15, 0.2) is 6.61 Å². The summed E-state index contributed by atoms with van der Waals surface area (Å²) in [7, 11) is -3.31. The Balaban J connectivity index is 1.65. The quantitative estimate of drug-likeness (QED) is 0.801. The van der Waals surface area contributed by atoms with E-state index in [-0.39, 0.29) is 25.1 Å². The van der Waals surface area contributed by atoms with Gasteiger partial charge in [0.1, 0.15) is 5.75 Å². The Morgan fingerprint density at radius 2 is 2.08 bits per heavy atom. The highest BCUT2D eigenvalue weighted by Gasteiger charge is 2.29. The number of carbonyl (C=O) groups is 1. The fourth-order valence-corrected chi connectivity index (χ4v) is 3.22. The minimum Gasteiger partial charge on any atom is -0.484 e. The molecule has 134 valence electrons. The van der Waals surface area contributed by atoms with Crippen molar-refractivity contribution in [3.8, 4) is 5.75 Å². The SMILES string of the molecule is CS(=O)(=O)NC[C@H]1CN(C(=O)COc2ccccc2)Cc2ccnn21. The second-order valence-corrected chi connectivity index (χ2v) is 7.75. The van der Waals surface area contributed by atoms with Gasteiger partial charge in [-0.1, -0.05) is 18.2 Å². The zero-order chi connectivity index (χ0) is 17.9. The molecule has 9 heteroatoms. The first-order chi connectivity index (χ1) is 11.9. The van der Waals surface area contributed by atoms with Crippen molar-refractivity contribution in [2.24, 2.45) is 0 Å². The molecule has 8 nitrogen and oxygen atoms in total. The number of hydrogen-bond donors (Lipinski definition) is 1. The van der Waals surface area contributed by atoms with E-state index >= 15 is 0 Å². The van der Waals surface area contributed by atoms with Crippen LogP contribution in [0.15, 0.2) is 42.6 Å². The maximum Gasteiger partial charge on any atom is 0.260 e. The predicted molar refractivity (Wildman–Crippen MR) is 91.5 cm³/mol. The number of ether oxygens (including phenoxy) is 1. The van der Waals surface area contributed by atoms with Crippen molar-refractivity contribution in [2.45, 2.75) is 12.6 Å². The Bertz CT molecular complexity index is 835. The van der Waals surface area contributed by atoms with Gasteiger partial charge in [0, 0.05) is 19.3 Å². The summed E-state index contributed by atoms with van der Waals surface area (Å²) in [5.74, 6) is 0.480. The van der Waals surface area contributed by atoms with Crippen LogP contribution in [-0.2, 0) is 21.4 Å². The highest BCUT2D eigenvalue weighted by molar-refractivity contribution is 7.88. The first-order valence-corrected chi connectivity index (χ1v) is 9.74. The van der Waals surface area contributed by atoms with Crippen molar-refractivity contribution in [1.29, 1.82) is 0 Å². The maximum atomic E-state index is 12.5. The van der Waals surface area contributed by atoms with Crippen LogP contribution in [0.4, 0.5) is 0 Å². The van der Waals surface area contributed by atoms with Crippen molar-refractivity contribution in [2.75, 3.05) is 26.0 Å². The zero-order valence-corrected chi connectivity index (χ0v) is 14.6. The van der Waals surface area contributed by atoms with Gasteiger partial charge in [-0.05, 0) is 18.2 Å². The van der Waals surface area contributed by atoms with Crippen LogP contribution in [0.25, 0.3) is 0 Å². The topological polar surface area (TPSA) is 93.5 Å². The molecule has 1 aliphatic rings. The number of nitrogens with one attached hydrogen (secondary N) is 1. The molecule has 1 N–H and O–H groups in total. The van der Waals surface area contributed by atoms with Crippen LogP contribution in [0.5, 0.6) is 5.75 Å². The van der Waals surface area contributed by atoms with Crippen molar-refractivity contribution in [3.63, 3.8) is 0 Å². The summed E-state index contributed by atoms with van der Waals surface area (Å²) in [6, 6.07) is 10.7. The zero-order valence-electron chi connectivity index (χ0n) is 13.8. The number of aromatic nitrogens is 2. The van der Waals surface area contributed by atoms with E-state index in [1.54, 1.807) is 27.9 Å². The van der Waals surface area contributed by atoms with Crippen molar-refractivity contribution < 1.29 is 17.9 Å². The van der Waals surface area contributed by atoms with Crippen molar-refractivity contribution in [1.82, 2.24) is 19.4 Å². The third-order valence-corrected chi connectivity index (χ3v) is 4.61. The van der Waals surface area contributed by atoms with Gasteiger partial charge in [0.05, 0.1) is 24.5 Å². The molecule has 0 saturated heterocycles. The average Bonchev–Trinajstić information content (AvgIpc) is 3.06. The van der Waals surface area contributed by atoms with Crippen molar-refractivity contribution >= 4 is 15.9 Å². The number of rotatable bonds is 6. The Hall–Kier alpha value is -2.39. The molecule has 1 aliphatic heterocycles. The van der Waals surface area contributed by atoms with E-state index < -0.39 is 10.0 Å². The molecule has 0 saturated carbocycles. The standard InChI is InChI=1S/C16H20N4O4S/c1-25(22,23)18-9-14-11-19(10-13-7-8-17-20(13)14)16(21)12-24-15-5-3-2-4-6-15/h2-8,14,18H,9-12H2,1H3/t14-/m0/s1. The highest BCUT2D eigenvalue weighted by Crippen LogP contribution is 2.20. The molecule has 1 amide bonds. The molecule has 25 heavy (non-hydrogen) atoms. The molecule has 3 rings (SSSR count). The summed E-state index contributed by atoms with van der Waals surface area (Å²) in [6.07, 6.45) is 2.76. The van der Waals surface area contributed by atoms with Crippen molar-refractivity contribution in [3.05, 3.63) is 48.3 Å². The first-order valence-electron chi connectivity index (χ1n) is 7.85. The van der Waals surface area contributed by atoms with E-state index in [1.807, 2.05) is 24.3 Å². The van der Waals surface area contributed by atoms with Crippen LogP contribution in [0.1, 0.15) is 11.7 Å². The van der Waals surface area contributed by atoms with Gasteiger partial charge < -0.3 is 9.64 Å². The van der Waals surface area contributed by atoms with Gasteiger partial charge in [-0.15, -0.1) is 0 Å². The Labute approximate surface area is 146 Å². The van der Waals surface area contributed by atoms with Gasteiger partial charge in [-0.2, -0.15) is 5.10 Å². The number of benzene rings is 1. The maximum absolute atomic E-state index is 12.5. The molecule has 2 aromatic rings. The average molecular weight is 364 g/mol. The molecule has 1 aromatic carbocycles. The normalized spacial score (nSPS) is 17.2. The number of hydrogen-bond acceptors (Lipinski definition) is 5. The molecule has 0 unspecified atom stereocenters. The van der Waals surface area contributed by atoms with E-state index in [9.17, 15) is 13.2 Å². The van der Waals surface area contributed by atoms with Gasteiger partial charge in [-0.3, -0.25) is 9.48 Å². The number of amides is 1. The molecule has 0 spiro atoms. The fourth-order valence-electron chi connectivity index (χ4n) is 2.73. The molecule has 0 bridgehead atoms. The minimum absolute atomic E-state index is 0.0651. The fraction of sp³-hybridized carbons (Fsp3) is 0.375. The molecule has 1 aromatic heterocycles. The number of nitrogens with zero attached hydrogens (tertiary/aromatic N) is 3. The monoisotopic (exact) mass is 364 g/mol. The summed E-state index contributed by atoms with van der Waals surface area (Å²) >= 11 is 0. The van der Waals surface area contributed by atoms with Gasteiger partial charge in [0.2, 0.25) is 10.0 Å². The molecular formula is C16H20N4O4S. The summed E-state index contributed by atoms with van der Waals surface area (Å²) < 4.78 is 32.5. The van der Waals surface area contributed by atoms with Gasteiger partial charge in [-0.25, -0.2) is 13.1 Å². The van der Waals surface area contributed by atoms with E-state index in [2.05, 4.69) is 9.82 Å². The third kappa shape index (κ3) is 4.58. The van der Waals surface area contributed by atoms with Crippen LogP contribution < -0.4 is 9.46 Å². The Morgan fingerprint density at radius 1 is 1.32 bits per heavy atom. The van der Waals surface area contributed by atoms with E-state index in [1.165, 1.54) is 0 Å². The number of carbonyl (C=O) groups excluding carboxylic acids is 1. The lowest BCUT2D eigenvalue weighted by Gasteiger charge is -2.33. The number of sulfonamides is 1. The summed E-state index contributed by atoms with van der Waals surface area (Å²) in [5, 5.41) is 4.24. The van der Waals surface area contributed by atoms with Gasteiger partial charge in [0.25, 0.3) is 5.91 Å². The first kappa shape index (κ1) is 17.4. The Morgan fingerprint density at radius 3 is 2.80 bits per heavy atom. The van der Waals surface area contributed by atoms with Gasteiger partial charge >= 0.3 is 0 Å². The molecule has 1 atom stereocenters. The molecule has 0 radical (unpaired) electrons. The summed E-state index contributed by atoms with van der Waals surface area (Å²) in [4.78, 5) is 14.1. The number of fused-ring (bicyclic) bond motifs is 1. The lowest BCUT2D eigenvalue weighted by molar-refractivity contribution is -0.135. The third-order valence-electron chi connectivity index (χ3n) is 3.92. The largest absolute Gasteiger partial charge is 0.484 e. The lowest BCUT2D eigenvalue weighted by Crippen LogP contribution is -2.46. The van der Waals surface area contributed by atoms with Crippen LogP contribution >= 0.6 is 0 Å². The molecule has 0 fully saturated rings. The molecule has 0 aliphatic carbocycles. The number of para-hydroxylation sites is 1. The lowest BCUT2D eigenvalue weighted by atomic mass is 10.2. The van der Waals surface area contributed by atoms with E-state index in [4.69, 9.17) is 4.74 Å². The summed E-state index contributed by atoms with van der Waals surface area (Å²) in [5.41, 5.74) is 0.861. The van der Waals surface area contributed by atoms with Crippen LogP contribution in [-0.4, -0.2) is 55.0 Å². The molecular weight excluding hydrogens is 344 g/mol.